The normalized spacial score (nSPS) is 9.77. The molecule has 0 aromatic carbocycles. The fourth-order valence-corrected chi connectivity index (χ4v) is 0.879. The molecule has 0 atom stereocenters. The summed E-state index contributed by atoms with van der Waals surface area (Å²) in [4.78, 5) is 3.91. The summed E-state index contributed by atoms with van der Waals surface area (Å²) in [6.45, 7) is -2.97. The number of nitriles is 1. The average Bonchev–Trinajstić information content (AvgIpc) is 2.03. The Kier molecular flexibility index (Phi) is 3.03. The van der Waals surface area contributed by atoms with E-state index in [1.54, 1.807) is 6.07 Å². The minimum atomic E-state index is -2.97. The van der Waals surface area contributed by atoms with Gasteiger partial charge in [-0.25, -0.2) is 4.98 Å². The van der Waals surface area contributed by atoms with Crippen LogP contribution in [0.3, 0.4) is 0 Å². The first-order chi connectivity index (χ1) is 6.13. The van der Waals surface area contributed by atoms with E-state index in [9.17, 15) is 8.78 Å². The molecule has 0 aliphatic carbocycles. The van der Waals surface area contributed by atoms with E-state index in [2.05, 4.69) is 22.3 Å². The first kappa shape index (κ1) is 9.74. The van der Waals surface area contributed by atoms with Crippen molar-refractivity contribution in [3.63, 3.8) is 0 Å². The molecule has 0 fully saturated rings. The smallest absolute Gasteiger partial charge is 0.387 e. The summed E-state index contributed by atoms with van der Waals surface area (Å²) in [5.41, 5.74) is -0.182. The van der Waals surface area contributed by atoms with E-state index in [-0.39, 0.29) is 11.4 Å². The van der Waals surface area contributed by atoms with Gasteiger partial charge in [-0.3, -0.25) is 0 Å². The first-order valence-electron chi connectivity index (χ1n) is 3.17. The lowest BCUT2D eigenvalue weighted by molar-refractivity contribution is -0.0504. The molecule has 0 amide bonds. The molecule has 0 N–H and O–H groups in total. The maximum Gasteiger partial charge on any atom is 0.387 e. The van der Waals surface area contributed by atoms with Gasteiger partial charge in [0.05, 0.1) is 0 Å². The van der Waals surface area contributed by atoms with Crippen molar-refractivity contribution >= 4 is 12.6 Å². The molecule has 3 nitrogen and oxygen atoms in total. The van der Waals surface area contributed by atoms with Crippen LogP contribution in [0.1, 0.15) is 5.69 Å². The molecule has 1 aromatic heterocycles. The number of thiol groups is 1. The van der Waals surface area contributed by atoms with E-state index >= 15 is 0 Å². The summed E-state index contributed by atoms with van der Waals surface area (Å²) in [5, 5.41) is 8.46. The van der Waals surface area contributed by atoms with Gasteiger partial charge in [0, 0.05) is 11.1 Å². The largest absolute Gasteiger partial charge is 0.432 e. The number of rotatable bonds is 2. The second-order valence-electron chi connectivity index (χ2n) is 2.03. The van der Waals surface area contributed by atoms with E-state index in [0.29, 0.717) is 4.90 Å². The molecule has 6 heteroatoms. The summed E-state index contributed by atoms with van der Waals surface area (Å²) in [7, 11) is 0. The van der Waals surface area contributed by atoms with Crippen molar-refractivity contribution < 1.29 is 13.5 Å². The van der Waals surface area contributed by atoms with Crippen LogP contribution in [0.25, 0.3) is 0 Å². The Labute approximate surface area is 78.4 Å². The number of aromatic nitrogens is 1. The van der Waals surface area contributed by atoms with Gasteiger partial charge in [-0.05, 0) is 6.07 Å². The molecule has 0 saturated heterocycles. The first-order valence-corrected chi connectivity index (χ1v) is 3.62. The van der Waals surface area contributed by atoms with Crippen LogP contribution in [0.15, 0.2) is 17.2 Å². The van der Waals surface area contributed by atoms with Crippen molar-refractivity contribution in [1.29, 1.82) is 5.26 Å². The highest BCUT2D eigenvalue weighted by Crippen LogP contribution is 2.20. The monoisotopic (exact) mass is 202 g/mol. The summed E-state index contributed by atoms with van der Waals surface area (Å²) in [6, 6.07) is 2.83. The molecular weight excluding hydrogens is 198 g/mol. The second-order valence-corrected chi connectivity index (χ2v) is 2.55. The molecular formula is C7H4F2N2OS. The minimum absolute atomic E-state index is 0.182. The number of halogens is 2. The van der Waals surface area contributed by atoms with Gasteiger partial charge in [-0.15, -0.1) is 12.6 Å². The third-order valence-electron chi connectivity index (χ3n) is 1.16. The van der Waals surface area contributed by atoms with E-state index in [0.717, 1.165) is 0 Å². The average molecular weight is 202 g/mol. The maximum absolute atomic E-state index is 11.8. The van der Waals surface area contributed by atoms with Crippen molar-refractivity contribution in [2.45, 2.75) is 11.5 Å². The Bertz CT molecular complexity index is 351. The van der Waals surface area contributed by atoms with E-state index in [1.807, 2.05) is 0 Å². The molecule has 0 bridgehead atoms. The summed E-state index contributed by atoms with van der Waals surface area (Å²) < 4.78 is 27.6. The molecule has 0 aliphatic heterocycles. The molecule has 0 radical (unpaired) electrons. The molecule has 1 rings (SSSR count). The van der Waals surface area contributed by atoms with Crippen LogP contribution < -0.4 is 4.74 Å². The Hall–Kier alpha value is -1.35. The van der Waals surface area contributed by atoms with Gasteiger partial charge in [-0.1, -0.05) is 0 Å². The van der Waals surface area contributed by atoms with Crippen LogP contribution in [0, 0.1) is 11.3 Å². The van der Waals surface area contributed by atoms with Gasteiger partial charge in [0.15, 0.2) is 11.4 Å². The summed E-state index contributed by atoms with van der Waals surface area (Å²) in [6.07, 6.45) is 1.28. The van der Waals surface area contributed by atoms with Crippen molar-refractivity contribution in [3.8, 4) is 11.8 Å². The van der Waals surface area contributed by atoms with Crippen LogP contribution in [0.4, 0.5) is 8.78 Å². The quantitative estimate of drug-likeness (QED) is 0.744. The Balaban J connectivity index is 3.03. The number of alkyl halides is 2. The predicted octanol–water partition coefficient (Wildman–Crippen LogP) is 1.84. The molecule has 0 aliphatic rings. The van der Waals surface area contributed by atoms with Gasteiger partial charge >= 0.3 is 6.61 Å². The van der Waals surface area contributed by atoms with Crippen LogP contribution >= 0.6 is 12.6 Å². The lowest BCUT2D eigenvalue weighted by Crippen LogP contribution is -2.04. The zero-order valence-corrected chi connectivity index (χ0v) is 7.13. The fourth-order valence-electron chi connectivity index (χ4n) is 0.704. The fraction of sp³-hybridized carbons (Fsp3) is 0.143. The van der Waals surface area contributed by atoms with Crippen LogP contribution in [0.5, 0.6) is 5.75 Å². The molecule has 0 spiro atoms. The second kappa shape index (κ2) is 4.05. The maximum atomic E-state index is 11.8. The predicted molar refractivity (Wildman–Crippen MR) is 42.8 cm³/mol. The standard InChI is InChI=1S/C7H4F2N2OS/c8-7(9)12-6-1-4(13)3-11-5(6)2-10/h1,3,7,13H. The van der Waals surface area contributed by atoms with Gasteiger partial charge < -0.3 is 4.74 Å². The molecule has 0 saturated carbocycles. The van der Waals surface area contributed by atoms with Gasteiger partial charge in [0.2, 0.25) is 0 Å². The highest BCUT2D eigenvalue weighted by atomic mass is 32.1. The van der Waals surface area contributed by atoms with Crippen molar-refractivity contribution in [2.24, 2.45) is 0 Å². The summed E-state index contributed by atoms with van der Waals surface area (Å²) >= 11 is 3.87. The number of pyridine rings is 1. The Morgan fingerprint density at radius 3 is 2.85 bits per heavy atom. The van der Waals surface area contributed by atoms with E-state index < -0.39 is 6.61 Å². The van der Waals surface area contributed by atoms with Gasteiger partial charge in [0.25, 0.3) is 0 Å². The molecule has 0 unspecified atom stereocenters. The van der Waals surface area contributed by atoms with Gasteiger partial charge in [0.1, 0.15) is 6.07 Å². The van der Waals surface area contributed by atoms with Crippen molar-refractivity contribution in [3.05, 3.63) is 18.0 Å². The van der Waals surface area contributed by atoms with Crippen LogP contribution in [-0.2, 0) is 0 Å². The number of hydrogen-bond acceptors (Lipinski definition) is 4. The van der Waals surface area contributed by atoms with Crippen LogP contribution in [-0.4, -0.2) is 11.6 Å². The highest BCUT2D eigenvalue weighted by molar-refractivity contribution is 7.80. The Morgan fingerprint density at radius 1 is 1.62 bits per heavy atom. The minimum Gasteiger partial charge on any atom is -0.432 e. The van der Waals surface area contributed by atoms with Gasteiger partial charge in [-0.2, -0.15) is 14.0 Å². The molecule has 68 valence electrons. The van der Waals surface area contributed by atoms with Crippen molar-refractivity contribution in [2.75, 3.05) is 0 Å². The molecule has 1 heterocycles. The third-order valence-corrected chi connectivity index (χ3v) is 1.40. The third kappa shape index (κ3) is 2.56. The zero-order valence-electron chi connectivity index (χ0n) is 6.24. The van der Waals surface area contributed by atoms with Crippen molar-refractivity contribution in [1.82, 2.24) is 4.98 Å². The SMILES string of the molecule is N#Cc1ncc(S)cc1OC(F)F. The van der Waals surface area contributed by atoms with E-state index in [4.69, 9.17) is 5.26 Å². The number of nitrogens with zero attached hydrogens (tertiary/aromatic N) is 2. The van der Waals surface area contributed by atoms with E-state index in [1.165, 1.54) is 12.3 Å². The van der Waals surface area contributed by atoms with Crippen LogP contribution in [0.2, 0.25) is 0 Å². The summed E-state index contributed by atoms with van der Waals surface area (Å²) in [5.74, 6) is -0.259. The topological polar surface area (TPSA) is 45.9 Å². The number of ether oxygens (including phenoxy) is 1. The molecule has 13 heavy (non-hydrogen) atoms. The lowest BCUT2D eigenvalue weighted by Gasteiger charge is -2.05. The highest BCUT2D eigenvalue weighted by Gasteiger charge is 2.10. The zero-order chi connectivity index (χ0) is 9.84. The molecule has 1 aromatic rings. The lowest BCUT2D eigenvalue weighted by atomic mass is 10.3. The number of hydrogen-bond donors (Lipinski definition) is 1. The Morgan fingerprint density at radius 2 is 2.31 bits per heavy atom.